The van der Waals surface area contributed by atoms with Crippen LogP contribution in [-0.2, 0) is 4.79 Å². The van der Waals surface area contributed by atoms with Gasteiger partial charge >= 0.3 is 5.97 Å². The first-order chi connectivity index (χ1) is 14.8. The predicted molar refractivity (Wildman–Crippen MR) is 114 cm³/mol. The second-order valence-corrected chi connectivity index (χ2v) is 7.27. The molecule has 1 heterocycles. The van der Waals surface area contributed by atoms with Crippen LogP contribution in [0.15, 0.2) is 39.5 Å². The van der Waals surface area contributed by atoms with Crippen molar-refractivity contribution in [3.05, 3.63) is 40.6 Å². The maximum atomic E-state index is 13.1. The standard InChI is InChI=1S/C23H24O8/c1-2-3-4-5-6-7-19(28)31-23-21(29)20-17(27)11-14(24)12-18(20)30-22(23)13-8-9-15(25)16(26)10-13/h8-12,24-27H,2-7H2,1H3. The number of rotatable bonds is 8. The summed E-state index contributed by atoms with van der Waals surface area (Å²) in [6.45, 7) is 2.09. The van der Waals surface area contributed by atoms with Crippen molar-refractivity contribution in [2.24, 2.45) is 0 Å². The number of phenols is 4. The van der Waals surface area contributed by atoms with E-state index in [1.54, 1.807) is 0 Å². The fraction of sp³-hybridized carbons (Fsp3) is 0.304. The van der Waals surface area contributed by atoms with Gasteiger partial charge in [-0.1, -0.05) is 32.6 Å². The van der Waals surface area contributed by atoms with Crippen molar-refractivity contribution in [1.82, 2.24) is 0 Å². The van der Waals surface area contributed by atoms with E-state index in [2.05, 4.69) is 6.92 Å². The Labute approximate surface area is 178 Å². The number of carbonyl (C=O) groups is 1. The number of unbranched alkanes of at least 4 members (excludes halogenated alkanes) is 4. The number of esters is 1. The first-order valence-electron chi connectivity index (χ1n) is 10.1. The Morgan fingerprint density at radius 1 is 0.935 bits per heavy atom. The van der Waals surface area contributed by atoms with Crippen molar-refractivity contribution in [2.75, 3.05) is 0 Å². The summed E-state index contributed by atoms with van der Waals surface area (Å²) >= 11 is 0. The Bertz CT molecular complexity index is 1160. The monoisotopic (exact) mass is 428 g/mol. The SMILES string of the molecule is CCCCCCCC(=O)Oc1c(-c2ccc(O)c(O)c2)oc2cc(O)cc(O)c2c1=O. The van der Waals surface area contributed by atoms with E-state index in [0.29, 0.717) is 6.42 Å². The maximum Gasteiger partial charge on any atom is 0.311 e. The zero-order chi connectivity index (χ0) is 22.5. The summed E-state index contributed by atoms with van der Waals surface area (Å²) in [4.78, 5) is 25.4. The molecule has 0 amide bonds. The molecular weight excluding hydrogens is 404 g/mol. The van der Waals surface area contributed by atoms with Gasteiger partial charge in [0, 0.05) is 24.1 Å². The first kappa shape index (κ1) is 22.0. The summed E-state index contributed by atoms with van der Waals surface area (Å²) < 4.78 is 11.0. The molecule has 3 rings (SSSR count). The molecule has 0 fully saturated rings. The van der Waals surface area contributed by atoms with Gasteiger partial charge in [-0.15, -0.1) is 0 Å². The van der Waals surface area contributed by atoms with Crippen LogP contribution in [0.3, 0.4) is 0 Å². The molecule has 4 N–H and O–H groups in total. The zero-order valence-corrected chi connectivity index (χ0v) is 17.1. The highest BCUT2D eigenvalue weighted by Crippen LogP contribution is 2.38. The van der Waals surface area contributed by atoms with Crippen LogP contribution >= 0.6 is 0 Å². The molecule has 0 saturated heterocycles. The second-order valence-electron chi connectivity index (χ2n) is 7.27. The average molecular weight is 428 g/mol. The summed E-state index contributed by atoms with van der Waals surface area (Å²) in [5.74, 6) is -2.97. The van der Waals surface area contributed by atoms with Crippen LogP contribution in [0.4, 0.5) is 0 Å². The molecule has 0 aliphatic carbocycles. The summed E-state index contributed by atoms with van der Waals surface area (Å²) in [6, 6.07) is 5.81. The molecule has 8 heteroatoms. The largest absolute Gasteiger partial charge is 0.508 e. The molecule has 0 bridgehead atoms. The molecule has 0 radical (unpaired) electrons. The molecule has 2 aromatic carbocycles. The molecule has 164 valence electrons. The van der Waals surface area contributed by atoms with Crippen molar-refractivity contribution in [2.45, 2.75) is 45.4 Å². The highest BCUT2D eigenvalue weighted by molar-refractivity contribution is 5.89. The summed E-state index contributed by atoms with van der Waals surface area (Å²) in [5.41, 5.74) is -0.784. The highest BCUT2D eigenvalue weighted by atomic mass is 16.5. The topological polar surface area (TPSA) is 137 Å². The van der Waals surface area contributed by atoms with Gasteiger partial charge in [0.15, 0.2) is 17.3 Å². The molecule has 1 aromatic heterocycles. The van der Waals surface area contributed by atoms with Gasteiger partial charge in [-0.3, -0.25) is 9.59 Å². The van der Waals surface area contributed by atoms with Gasteiger partial charge in [-0.25, -0.2) is 0 Å². The lowest BCUT2D eigenvalue weighted by molar-refractivity contribution is -0.134. The smallest absolute Gasteiger partial charge is 0.311 e. The van der Waals surface area contributed by atoms with Gasteiger partial charge in [-0.05, 0) is 24.6 Å². The third-order valence-electron chi connectivity index (χ3n) is 4.86. The van der Waals surface area contributed by atoms with E-state index < -0.39 is 28.6 Å². The molecule has 0 unspecified atom stereocenters. The van der Waals surface area contributed by atoms with E-state index in [-0.39, 0.29) is 40.2 Å². The van der Waals surface area contributed by atoms with E-state index in [1.807, 2.05) is 0 Å². The van der Waals surface area contributed by atoms with Crippen molar-refractivity contribution < 1.29 is 34.4 Å². The van der Waals surface area contributed by atoms with Crippen LogP contribution in [-0.4, -0.2) is 26.4 Å². The van der Waals surface area contributed by atoms with Crippen LogP contribution in [0.1, 0.15) is 45.4 Å². The predicted octanol–water partition coefficient (Wildman–Crippen LogP) is 4.55. The minimum absolute atomic E-state index is 0.100. The normalized spacial score (nSPS) is 11.0. The third kappa shape index (κ3) is 4.91. The van der Waals surface area contributed by atoms with E-state index >= 15 is 0 Å². The quantitative estimate of drug-likeness (QED) is 0.233. The maximum absolute atomic E-state index is 13.1. The number of carbonyl (C=O) groups excluding carboxylic acids is 1. The minimum atomic E-state index is -0.805. The molecule has 0 aliphatic rings. The van der Waals surface area contributed by atoms with E-state index in [4.69, 9.17) is 9.15 Å². The second kappa shape index (κ2) is 9.42. The van der Waals surface area contributed by atoms with Crippen LogP contribution in [0.2, 0.25) is 0 Å². The van der Waals surface area contributed by atoms with Crippen molar-refractivity contribution in [3.63, 3.8) is 0 Å². The lowest BCUT2D eigenvalue weighted by atomic mass is 10.1. The molecule has 0 saturated carbocycles. The number of ether oxygens (including phenoxy) is 1. The molecule has 8 nitrogen and oxygen atoms in total. The van der Waals surface area contributed by atoms with Crippen molar-refractivity contribution in [3.8, 4) is 40.1 Å². The van der Waals surface area contributed by atoms with E-state index in [0.717, 1.165) is 43.9 Å². The van der Waals surface area contributed by atoms with Gasteiger partial charge in [0.25, 0.3) is 0 Å². The van der Waals surface area contributed by atoms with Crippen molar-refractivity contribution >= 4 is 16.9 Å². The van der Waals surface area contributed by atoms with Gasteiger partial charge in [0.1, 0.15) is 22.5 Å². The molecule has 3 aromatic rings. The van der Waals surface area contributed by atoms with Gasteiger partial charge in [0.2, 0.25) is 11.2 Å². The fourth-order valence-electron chi connectivity index (χ4n) is 3.25. The van der Waals surface area contributed by atoms with Crippen LogP contribution < -0.4 is 10.2 Å². The third-order valence-corrected chi connectivity index (χ3v) is 4.86. The van der Waals surface area contributed by atoms with Crippen LogP contribution in [0.5, 0.6) is 28.7 Å². The Morgan fingerprint density at radius 3 is 2.39 bits per heavy atom. The minimum Gasteiger partial charge on any atom is -0.508 e. The first-order valence-corrected chi connectivity index (χ1v) is 10.1. The van der Waals surface area contributed by atoms with Gasteiger partial charge in [-0.2, -0.15) is 0 Å². The Balaban J connectivity index is 2.04. The van der Waals surface area contributed by atoms with Crippen LogP contribution in [0.25, 0.3) is 22.3 Å². The molecule has 0 atom stereocenters. The number of phenolic OH excluding ortho intramolecular Hbond substituents is 4. The van der Waals surface area contributed by atoms with Crippen molar-refractivity contribution in [1.29, 1.82) is 0 Å². The highest BCUT2D eigenvalue weighted by Gasteiger charge is 2.23. The molecule has 0 aliphatic heterocycles. The number of benzene rings is 2. The summed E-state index contributed by atoms with van der Waals surface area (Å²) in [7, 11) is 0. The molecule has 31 heavy (non-hydrogen) atoms. The Hall–Kier alpha value is -3.68. The number of aromatic hydroxyl groups is 4. The average Bonchev–Trinajstić information content (AvgIpc) is 2.71. The van der Waals surface area contributed by atoms with E-state index in [1.165, 1.54) is 12.1 Å². The zero-order valence-electron chi connectivity index (χ0n) is 17.1. The van der Waals surface area contributed by atoms with Gasteiger partial charge < -0.3 is 29.6 Å². The Kier molecular flexibility index (Phi) is 6.69. The summed E-state index contributed by atoms with van der Waals surface area (Å²) in [5, 5.41) is 39.0. The number of hydrogen-bond donors (Lipinski definition) is 4. The van der Waals surface area contributed by atoms with E-state index in [9.17, 15) is 30.0 Å². The lowest BCUT2D eigenvalue weighted by Gasteiger charge is -2.12. The molecular formula is C23H24O8. The number of fused-ring (bicyclic) bond motifs is 1. The van der Waals surface area contributed by atoms with Crippen LogP contribution in [0, 0.1) is 0 Å². The Morgan fingerprint density at radius 2 is 1.68 bits per heavy atom. The lowest BCUT2D eigenvalue weighted by Crippen LogP contribution is -2.16. The van der Waals surface area contributed by atoms with Gasteiger partial charge in [0.05, 0.1) is 0 Å². The number of hydrogen-bond acceptors (Lipinski definition) is 8. The molecule has 0 spiro atoms. The summed E-state index contributed by atoms with van der Waals surface area (Å²) in [6.07, 6.45) is 4.70. The fourth-order valence-corrected chi connectivity index (χ4v) is 3.25.